The van der Waals surface area contributed by atoms with E-state index in [0.717, 1.165) is 4.57 Å². The van der Waals surface area contributed by atoms with E-state index in [0.29, 0.717) is 0 Å². The van der Waals surface area contributed by atoms with Gasteiger partial charge in [-0.1, -0.05) is 0 Å². The Balaban J connectivity index is 3.01. The second-order valence-electron chi connectivity index (χ2n) is 8.25. The SMILES string of the molecule is CC(C)(C)OC(=O)NC(Cc1cncn1C(=O)OC(C)(C)C)C(=O)NCC(=O)O. The predicted octanol–water partition coefficient (Wildman–Crippen LogP) is 1.30. The third-order valence-corrected chi connectivity index (χ3v) is 3.14. The number of hydrogen-bond donors (Lipinski definition) is 3. The first-order valence-electron chi connectivity index (χ1n) is 8.91. The monoisotopic (exact) mass is 412 g/mol. The van der Waals surface area contributed by atoms with E-state index in [1.807, 2.05) is 0 Å². The van der Waals surface area contributed by atoms with Gasteiger partial charge in [-0.2, -0.15) is 0 Å². The van der Waals surface area contributed by atoms with Crippen LogP contribution in [0.1, 0.15) is 47.2 Å². The van der Waals surface area contributed by atoms with E-state index in [4.69, 9.17) is 14.6 Å². The number of amides is 2. The van der Waals surface area contributed by atoms with E-state index in [-0.39, 0.29) is 12.1 Å². The highest BCUT2D eigenvalue weighted by molar-refractivity contribution is 5.88. The number of carbonyl (C=O) groups excluding carboxylic acids is 3. The number of carboxylic acid groups (broad SMARTS) is 1. The van der Waals surface area contributed by atoms with Gasteiger partial charge in [-0.15, -0.1) is 0 Å². The maximum atomic E-state index is 12.4. The zero-order valence-electron chi connectivity index (χ0n) is 17.4. The fraction of sp³-hybridized carbons (Fsp3) is 0.611. The summed E-state index contributed by atoms with van der Waals surface area (Å²) in [7, 11) is 0. The quantitative estimate of drug-likeness (QED) is 0.633. The molecule has 0 spiro atoms. The fourth-order valence-corrected chi connectivity index (χ4v) is 2.10. The van der Waals surface area contributed by atoms with Gasteiger partial charge >= 0.3 is 18.2 Å². The average Bonchev–Trinajstić information content (AvgIpc) is 2.96. The molecule has 1 heterocycles. The van der Waals surface area contributed by atoms with E-state index in [9.17, 15) is 19.2 Å². The number of ether oxygens (including phenoxy) is 2. The Morgan fingerprint density at radius 2 is 1.69 bits per heavy atom. The van der Waals surface area contributed by atoms with Gasteiger partial charge in [-0.05, 0) is 41.5 Å². The van der Waals surface area contributed by atoms with Crippen molar-refractivity contribution < 1.29 is 33.8 Å². The summed E-state index contributed by atoms with van der Waals surface area (Å²) in [5.74, 6) is -2.00. The van der Waals surface area contributed by atoms with Crippen LogP contribution in [0.2, 0.25) is 0 Å². The third kappa shape index (κ3) is 9.08. The molecule has 11 nitrogen and oxygen atoms in total. The molecule has 0 aliphatic carbocycles. The summed E-state index contributed by atoms with van der Waals surface area (Å²) in [6, 6.07) is -1.21. The van der Waals surface area contributed by atoms with Gasteiger partial charge in [0.15, 0.2) is 0 Å². The predicted molar refractivity (Wildman–Crippen MR) is 101 cm³/mol. The van der Waals surface area contributed by atoms with Crippen LogP contribution in [0.3, 0.4) is 0 Å². The Morgan fingerprint density at radius 3 is 2.21 bits per heavy atom. The van der Waals surface area contributed by atoms with E-state index >= 15 is 0 Å². The van der Waals surface area contributed by atoms with Gasteiger partial charge in [0.05, 0.1) is 5.69 Å². The lowest BCUT2D eigenvalue weighted by Gasteiger charge is -2.24. The van der Waals surface area contributed by atoms with Crippen LogP contribution in [-0.2, 0) is 25.5 Å². The van der Waals surface area contributed by atoms with Crippen LogP contribution in [0.5, 0.6) is 0 Å². The number of aliphatic carboxylic acids is 1. The molecule has 0 fully saturated rings. The molecule has 0 aromatic carbocycles. The molecule has 1 rings (SSSR count). The van der Waals surface area contributed by atoms with E-state index < -0.39 is 47.9 Å². The minimum Gasteiger partial charge on any atom is -0.480 e. The van der Waals surface area contributed by atoms with Gasteiger partial charge in [-0.25, -0.2) is 19.1 Å². The summed E-state index contributed by atoms with van der Waals surface area (Å²) >= 11 is 0. The molecule has 0 bridgehead atoms. The van der Waals surface area contributed by atoms with E-state index in [1.165, 1.54) is 12.5 Å². The molecule has 2 amide bonds. The molecule has 0 saturated carbocycles. The van der Waals surface area contributed by atoms with Gasteiger partial charge < -0.3 is 25.2 Å². The molecule has 1 atom stereocenters. The molecule has 162 valence electrons. The smallest absolute Gasteiger partial charge is 0.420 e. The van der Waals surface area contributed by atoms with Crippen molar-refractivity contribution in [3.8, 4) is 0 Å². The standard InChI is InChI=1S/C18H28N4O7/c1-17(2,3)28-15(26)21-12(14(25)20-9-13(23)24)7-11-8-19-10-22(11)16(27)29-18(4,5)6/h8,10,12H,7,9H2,1-6H3,(H,20,25)(H,21,26)(H,23,24). The first-order chi connectivity index (χ1) is 13.2. The minimum atomic E-state index is -1.24. The molecule has 0 aliphatic rings. The van der Waals surface area contributed by atoms with Gasteiger partial charge in [0.1, 0.15) is 30.1 Å². The summed E-state index contributed by atoms with van der Waals surface area (Å²) in [5.41, 5.74) is -1.26. The molecule has 1 aromatic heterocycles. The van der Waals surface area contributed by atoms with Gasteiger partial charge in [0.2, 0.25) is 5.91 Å². The third-order valence-electron chi connectivity index (χ3n) is 3.14. The zero-order chi connectivity index (χ0) is 22.4. The van der Waals surface area contributed by atoms with Gasteiger partial charge in [-0.3, -0.25) is 9.59 Å². The number of carbonyl (C=O) groups is 4. The van der Waals surface area contributed by atoms with Crippen LogP contribution in [-0.4, -0.2) is 62.5 Å². The zero-order valence-corrected chi connectivity index (χ0v) is 17.4. The molecule has 1 unspecified atom stereocenters. The molecule has 3 N–H and O–H groups in total. The molecule has 11 heteroatoms. The number of rotatable bonds is 6. The second-order valence-corrected chi connectivity index (χ2v) is 8.25. The second kappa shape index (κ2) is 9.39. The summed E-state index contributed by atoms with van der Waals surface area (Å²) in [6.07, 6.45) is 0.855. The van der Waals surface area contributed by atoms with Crippen LogP contribution in [0.25, 0.3) is 0 Å². The van der Waals surface area contributed by atoms with Crippen molar-refractivity contribution in [1.29, 1.82) is 0 Å². The number of imidazole rings is 1. The number of aromatic nitrogens is 2. The van der Waals surface area contributed by atoms with Gasteiger partial charge in [0, 0.05) is 12.6 Å². The van der Waals surface area contributed by atoms with Crippen molar-refractivity contribution in [2.75, 3.05) is 6.54 Å². The van der Waals surface area contributed by atoms with Crippen molar-refractivity contribution in [1.82, 2.24) is 20.2 Å². The maximum Gasteiger partial charge on any atom is 0.420 e. The summed E-state index contributed by atoms with van der Waals surface area (Å²) < 4.78 is 11.5. The fourth-order valence-electron chi connectivity index (χ4n) is 2.10. The average molecular weight is 412 g/mol. The number of carboxylic acids is 1. The maximum absolute atomic E-state index is 12.4. The Hall–Kier alpha value is -3.11. The van der Waals surface area contributed by atoms with Crippen LogP contribution in [0.15, 0.2) is 12.5 Å². The number of alkyl carbamates (subject to hydrolysis) is 1. The normalized spacial score (nSPS) is 12.6. The first-order valence-corrected chi connectivity index (χ1v) is 8.91. The molecule has 0 aliphatic heterocycles. The highest BCUT2D eigenvalue weighted by atomic mass is 16.6. The lowest BCUT2D eigenvalue weighted by Crippen LogP contribution is -2.50. The molecule has 0 radical (unpaired) electrons. The molecular formula is C18H28N4O7. The topological polar surface area (TPSA) is 149 Å². The summed E-state index contributed by atoms with van der Waals surface area (Å²) in [5, 5.41) is 13.3. The first kappa shape index (κ1) is 23.9. The van der Waals surface area contributed by atoms with E-state index in [2.05, 4.69) is 15.6 Å². The van der Waals surface area contributed by atoms with Crippen LogP contribution in [0.4, 0.5) is 9.59 Å². The Bertz CT molecular complexity index is 759. The molecule has 29 heavy (non-hydrogen) atoms. The summed E-state index contributed by atoms with van der Waals surface area (Å²) in [6.45, 7) is 9.45. The largest absolute Gasteiger partial charge is 0.480 e. The highest BCUT2D eigenvalue weighted by Crippen LogP contribution is 2.12. The number of nitrogens with zero attached hydrogens (tertiary/aromatic N) is 2. The summed E-state index contributed by atoms with van der Waals surface area (Å²) in [4.78, 5) is 51.4. The molecular weight excluding hydrogens is 384 g/mol. The lowest BCUT2D eigenvalue weighted by molar-refractivity contribution is -0.138. The minimum absolute atomic E-state index is 0.149. The van der Waals surface area contributed by atoms with Gasteiger partial charge in [0.25, 0.3) is 0 Å². The van der Waals surface area contributed by atoms with Crippen LogP contribution >= 0.6 is 0 Å². The Morgan fingerprint density at radius 1 is 1.10 bits per heavy atom. The Labute approximate surface area is 168 Å². The van der Waals surface area contributed by atoms with Crippen molar-refractivity contribution >= 4 is 24.1 Å². The van der Waals surface area contributed by atoms with Crippen molar-refractivity contribution in [2.24, 2.45) is 0 Å². The number of hydrogen-bond acceptors (Lipinski definition) is 7. The highest BCUT2D eigenvalue weighted by Gasteiger charge is 2.28. The van der Waals surface area contributed by atoms with Crippen molar-refractivity contribution in [2.45, 2.75) is 65.2 Å². The number of nitrogens with one attached hydrogen (secondary N) is 2. The van der Waals surface area contributed by atoms with Crippen molar-refractivity contribution in [3.05, 3.63) is 18.2 Å². The molecule has 0 saturated heterocycles. The van der Waals surface area contributed by atoms with E-state index in [1.54, 1.807) is 41.5 Å². The van der Waals surface area contributed by atoms with Crippen LogP contribution < -0.4 is 10.6 Å². The molecule has 1 aromatic rings. The van der Waals surface area contributed by atoms with Crippen molar-refractivity contribution in [3.63, 3.8) is 0 Å². The lowest BCUT2D eigenvalue weighted by atomic mass is 10.1. The Kier molecular flexibility index (Phi) is 7.75. The van der Waals surface area contributed by atoms with Crippen LogP contribution in [0, 0.1) is 0 Å².